The second kappa shape index (κ2) is 6.78. The summed E-state index contributed by atoms with van der Waals surface area (Å²) in [6, 6.07) is 13.3. The fourth-order valence-electron chi connectivity index (χ4n) is 2.23. The zero-order valence-electron chi connectivity index (χ0n) is 12.5. The van der Waals surface area contributed by atoms with Crippen molar-refractivity contribution >= 4 is 17.7 Å². The van der Waals surface area contributed by atoms with Crippen molar-refractivity contribution in [2.24, 2.45) is 20.4 Å². The second-order valence-electron chi connectivity index (χ2n) is 5.11. The number of hydrogen-bond donors (Lipinski definition) is 1. The molecule has 0 aliphatic carbocycles. The van der Waals surface area contributed by atoms with Crippen molar-refractivity contribution in [3.05, 3.63) is 69.8 Å². The molecule has 1 aliphatic heterocycles. The lowest BCUT2D eigenvalue weighted by atomic mass is 10.1. The average Bonchev–Trinajstić information content (AvgIpc) is 3.06. The molecule has 8 nitrogen and oxygen atoms in total. The number of phenolic OH excluding ortho intramolecular Hbond substituents is 1. The molecule has 2 aromatic rings. The number of aromatic hydroxyl groups is 1. The summed E-state index contributed by atoms with van der Waals surface area (Å²) in [4.78, 5) is 10.2. The number of nitrogens with zero attached hydrogens (tertiary/aromatic N) is 5. The minimum atomic E-state index is -0.543. The summed E-state index contributed by atoms with van der Waals surface area (Å²) >= 11 is 0. The van der Waals surface area contributed by atoms with Crippen LogP contribution >= 0.6 is 0 Å². The number of azo groups is 1. The van der Waals surface area contributed by atoms with Crippen molar-refractivity contribution in [1.29, 1.82) is 0 Å². The van der Waals surface area contributed by atoms with E-state index in [-0.39, 0.29) is 23.0 Å². The van der Waals surface area contributed by atoms with Gasteiger partial charge in [-0.15, -0.1) is 10.2 Å². The minimum Gasteiger partial charge on any atom is -0.507 e. The molecule has 1 heterocycles. The van der Waals surface area contributed by atoms with Gasteiger partial charge in [0.2, 0.25) is 0 Å². The molecule has 0 spiro atoms. The maximum Gasteiger partial charge on any atom is 0.270 e. The van der Waals surface area contributed by atoms with Gasteiger partial charge >= 0.3 is 0 Å². The first-order valence-corrected chi connectivity index (χ1v) is 7.16. The van der Waals surface area contributed by atoms with E-state index in [1.54, 1.807) is 0 Å². The molecule has 0 radical (unpaired) electrons. The fraction of sp³-hybridized carbons (Fsp3) is 0.125. The lowest BCUT2D eigenvalue weighted by molar-refractivity contribution is -0.384. The molecule has 1 N–H and O–H groups in total. The first-order valence-electron chi connectivity index (χ1n) is 7.16. The monoisotopic (exact) mass is 323 g/mol. The van der Waals surface area contributed by atoms with E-state index in [9.17, 15) is 15.2 Å². The van der Waals surface area contributed by atoms with Crippen molar-refractivity contribution in [2.45, 2.75) is 12.5 Å². The van der Waals surface area contributed by atoms with Gasteiger partial charge in [0.15, 0.2) is 5.84 Å². The van der Waals surface area contributed by atoms with Gasteiger partial charge < -0.3 is 5.11 Å². The quantitative estimate of drug-likeness (QED) is 0.526. The molecule has 0 aromatic heterocycles. The van der Waals surface area contributed by atoms with Crippen LogP contribution in [-0.2, 0) is 0 Å². The number of non-ortho nitro benzene ring substituents is 1. The molecule has 0 fully saturated rings. The molecule has 0 unspecified atom stereocenters. The molecule has 2 aromatic carbocycles. The van der Waals surface area contributed by atoms with Crippen molar-refractivity contribution < 1.29 is 10.0 Å². The van der Waals surface area contributed by atoms with Gasteiger partial charge in [0.1, 0.15) is 11.8 Å². The van der Waals surface area contributed by atoms with Crippen LogP contribution in [0.15, 0.2) is 69.0 Å². The Kier molecular flexibility index (Phi) is 4.37. The molecule has 0 bridgehead atoms. The Morgan fingerprint density at radius 1 is 1.25 bits per heavy atom. The zero-order chi connectivity index (χ0) is 16.9. The van der Waals surface area contributed by atoms with E-state index in [0.717, 1.165) is 5.56 Å². The highest BCUT2D eigenvalue weighted by atomic mass is 16.6. The fourth-order valence-corrected chi connectivity index (χ4v) is 2.23. The van der Waals surface area contributed by atoms with Gasteiger partial charge in [-0.3, -0.25) is 10.1 Å². The van der Waals surface area contributed by atoms with Crippen LogP contribution in [0.3, 0.4) is 0 Å². The SMILES string of the molecule is O=[N+]([O-])c1ccc(O)c(/C=N\N=C2\C[C@H](c3ccccc3)N=N2)c1. The average molecular weight is 323 g/mol. The Hall–Kier alpha value is -3.42. The number of hydrogen-bond acceptors (Lipinski definition) is 6. The largest absolute Gasteiger partial charge is 0.507 e. The van der Waals surface area contributed by atoms with Crippen LogP contribution in [-0.4, -0.2) is 22.1 Å². The molecular weight excluding hydrogens is 310 g/mol. The molecule has 1 aliphatic rings. The Morgan fingerprint density at radius 2 is 2.04 bits per heavy atom. The van der Waals surface area contributed by atoms with Crippen LogP contribution < -0.4 is 0 Å². The maximum atomic E-state index is 10.7. The first kappa shape index (κ1) is 15.5. The predicted molar refractivity (Wildman–Crippen MR) is 88.4 cm³/mol. The van der Waals surface area contributed by atoms with Crippen LogP contribution in [0, 0.1) is 10.1 Å². The van der Waals surface area contributed by atoms with Gasteiger partial charge in [0.05, 0.1) is 11.1 Å². The Bertz CT molecular complexity index is 846. The number of benzene rings is 2. The van der Waals surface area contributed by atoms with Crippen LogP contribution in [0.5, 0.6) is 5.75 Å². The number of nitro groups is 1. The maximum absolute atomic E-state index is 10.7. The number of rotatable bonds is 4. The Morgan fingerprint density at radius 3 is 2.79 bits per heavy atom. The number of amidine groups is 1. The van der Waals surface area contributed by atoms with Gasteiger partial charge in [-0.1, -0.05) is 30.3 Å². The van der Waals surface area contributed by atoms with E-state index >= 15 is 0 Å². The lowest BCUT2D eigenvalue weighted by Crippen LogP contribution is -1.95. The molecule has 8 heteroatoms. The number of phenols is 1. The highest BCUT2D eigenvalue weighted by Crippen LogP contribution is 2.27. The van der Waals surface area contributed by atoms with Crippen molar-refractivity contribution in [3.8, 4) is 5.75 Å². The van der Waals surface area contributed by atoms with E-state index in [1.807, 2.05) is 30.3 Å². The predicted octanol–water partition coefficient (Wildman–Crippen LogP) is 3.63. The van der Waals surface area contributed by atoms with Crippen molar-refractivity contribution in [1.82, 2.24) is 0 Å². The molecule has 0 saturated carbocycles. The molecule has 3 rings (SSSR count). The third-order valence-corrected chi connectivity index (χ3v) is 3.46. The minimum absolute atomic E-state index is 0.0774. The molecule has 0 amide bonds. The summed E-state index contributed by atoms with van der Waals surface area (Å²) in [5.41, 5.74) is 1.13. The summed E-state index contributed by atoms with van der Waals surface area (Å²) < 4.78 is 0. The summed E-state index contributed by atoms with van der Waals surface area (Å²) in [6.45, 7) is 0. The highest BCUT2D eigenvalue weighted by Gasteiger charge is 2.19. The van der Waals surface area contributed by atoms with E-state index in [4.69, 9.17) is 0 Å². The van der Waals surface area contributed by atoms with Crippen molar-refractivity contribution in [3.63, 3.8) is 0 Å². The van der Waals surface area contributed by atoms with E-state index < -0.39 is 4.92 Å². The van der Waals surface area contributed by atoms with E-state index in [2.05, 4.69) is 20.4 Å². The third-order valence-electron chi connectivity index (χ3n) is 3.46. The summed E-state index contributed by atoms with van der Waals surface area (Å²) in [7, 11) is 0. The van der Waals surface area contributed by atoms with Crippen LogP contribution in [0.1, 0.15) is 23.6 Å². The topological polar surface area (TPSA) is 113 Å². The summed E-state index contributed by atoms with van der Waals surface area (Å²) in [5.74, 6) is 0.352. The van der Waals surface area contributed by atoms with Gasteiger partial charge in [0, 0.05) is 24.1 Å². The standard InChI is InChI=1S/C16H13N5O3/c22-15-7-6-13(21(23)24)8-12(15)10-17-19-16-9-14(18-20-16)11-4-2-1-3-5-11/h1-8,10,14,22H,9H2/b17-10-,19-16-/t14-/m1/s1. The molecule has 1 atom stereocenters. The molecular formula is C16H13N5O3. The Labute approximate surface area is 137 Å². The van der Waals surface area contributed by atoms with Crippen LogP contribution in [0.25, 0.3) is 0 Å². The summed E-state index contributed by atoms with van der Waals surface area (Å²) in [5, 5.41) is 36.4. The second-order valence-corrected chi connectivity index (χ2v) is 5.11. The zero-order valence-corrected chi connectivity index (χ0v) is 12.5. The van der Waals surface area contributed by atoms with Gasteiger partial charge in [-0.2, -0.15) is 10.2 Å². The van der Waals surface area contributed by atoms with E-state index in [0.29, 0.717) is 12.3 Å². The molecule has 24 heavy (non-hydrogen) atoms. The molecule has 0 saturated heterocycles. The first-order chi connectivity index (χ1) is 11.6. The summed E-state index contributed by atoms with van der Waals surface area (Å²) in [6.07, 6.45) is 1.78. The van der Waals surface area contributed by atoms with E-state index in [1.165, 1.54) is 24.4 Å². The van der Waals surface area contributed by atoms with Crippen LogP contribution in [0.4, 0.5) is 5.69 Å². The van der Waals surface area contributed by atoms with Gasteiger partial charge in [0.25, 0.3) is 5.69 Å². The highest BCUT2D eigenvalue weighted by molar-refractivity contribution is 5.87. The lowest BCUT2D eigenvalue weighted by Gasteiger charge is -2.02. The smallest absolute Gasteiger partial charge is 0.270 e. The molecule has 120 valence electrons. The van der Waals surface area contributed by atoms with Crippen LogP contribution in [0.2, 0.25) is 0 Å². The normalized spacial score (nSPS) is 18.5. The third kappa shape index (κ3) is 3.49. The van der Waals surface area contributed by atoms with Gasteiger partial charge in [-0.05, 0) is 11.6 Å². The number of nitro benzene ring substituents is 1. The van der Waals surface area contributed by atoms with Crippen molar-refractivity contribution in [2.75, 3.05) is 0 Å². The van der Waals surface area contributed by atoms with Gasteiger partial charge in [-0.25, -0.2) is 0 Å². The Balaban J connectivity index is 1.71.